The maximum atomic E-state index is 10.1. The van der Waals surface area contributed by atoms with E-state index in [0.717, 1.165) is 52.1 Å². The van der Waals surface area contributed by atoms with E-state index >= 15 is 0 Å². The standard InChI is InChI=1S/C20H24N4O2/c1-3-24-20-16(9-22-24)19(15-6-13(2)7-21-8-15)17(10-25)18(23-20)12-26-11-14-4-5-14/h6-9,14,25H,3-5,10-12H2,1-2H3. The molecule has 0 aromatic carbocycles. The Balaban J connectivity index is 1.86. The van der Waals surface area contributed by atoms with E-state index in [1.54, 1.807) is 0 Å². The van der Waals surface area contributed by atoms with Crippen LogP contribution in [0.4, 0.5) is 0 Å². The molecule has 136 valence electrons. The van der Waals surface area contributed by atoms with Crippen molar-refractivity contribution in [2.75, 3.05) is 6.61 Å². The van der Waals surface area contributed by atoms with Crippen molar-refractivity contribution in [2.45, 2.75) is 46.4 Å². The minimum Gasteiger partial charge on any atom is -0.392 e. The summed E-state index contributed by atoms with van der Waals surface area (Å²) in [4.78, 5) is 9.13. The molecule has 3 aromatic heterocycles. The number of fused-ring (bicyclic) bond motifs is 1. The molecule has 6 nitrogen and oxygen atoms in total. The quantitative estimate of drug-likeness (QED) is 0.707. The SMILES string of the molecule is CCn1ncc2c(-c3cncc(C)c3)c(CO)c(COCC3CC3)nc21. The fourth-order valence-corrected chi connectivity index (χ4v) is 3.32. The Bertz CT molecular complexity index is 931. The van der Waals surface area contributed by atoms with Gasteiger partial charge in [0.2, 0.25) is 0 Å². The molecule has 6 heteroatoms. The molecule has 3 aromatic rings. The van der Waals surface area contributed by atoms with Crippen LogP contribution >= 0.6 is 0 Å². The van der Waals surface area contributed by atoms with Crippen LogP contribution < -0.4 is 0 Å². The number of aliphatic hydroxyl groups excluding tert-OH is 1. The molecule has 0 amide bonds. The summed E-state index contributed by atoms with van der Waals surface area (Å²) in [5, 5.41) is 15.5. The molecule has 1 aliphatic carbocycles. The summed E-state index contributed by atoms with van der Waals surface area (Å²) < 4.78 is 7.76. The Morgan fingerprint density at radius 3 is 2.81 bits per heavy atom. The zero-order valence-corrected chi connectivity index (χ0v) is 15.3. The molecule has 26 heavy (non-hydrogen) atoms. The third-order valence-corrected chi connectivity index (χ3v) is 4.88. The number of rotatable bonds is 7. The highest BCUT2D eigenvalue weighted by molar-refractivity contribution is 5.94. The number of ether oxygens (including phenoxy) is 1. The molecule has 0 radical (unpaired) electrons. The summed E-state index contributed by atoms with van der Waals surface area (Å²) >= 11 is 0. The predicted octanol–water partition coefficient (Wildman–Crippen LogP) is 3.24. The molecule has 0 unspecified atom stereocenters. The van der Waals surface area contributed by atoms with E-state index < -0.39 is 0 Å². The highest BCUT2D eigenvalue weighted by Crippen LogP contribution is 2.34. The van der Waals surface area contributed by atoms with Crippen molar-refractivity contribution in [3.8, 4) is 11.1 Å². The molecule has 0 saturated heterocycles. The topological polar surface area (TPSA) is 73.1 Å². The van der Waals surface area contributed by atoms with Gasteiger partial charge in [0.15, 0.2) is 5.65 Å². The number of aromatic nitrogens is 4. The maximum absolute atomic E-state index is 10.1. The second-order valence-corrected chi connectivity index (χ2v) is 6.98. The average Bonchev–Trinajstić information content (AvgIpc) is 3.38. The van der Waals surface area contributed by atoms with E-state index in [1.165, 1.54) is 12.8 Å². The van der Waals surface area contributed by atoms with Crippen molar-refractivity contribution >= 4 is 11.0 Å². The zero-order valence-electron chi connectivity index (χ0n) is 15.3. The van der Waals surface area contributed by atoms with Crippen molar-refractivity contribution in [3.63, 3.8) is 0 Å². The van der Waals surface area contributed by atoms with Gasteiger partial charge in [-0.1, -0.05) is 0 Å². The molecular formula is C20H24N4O2. The fourth-order valence-electron chi connectivity index (χ4n) is 3.32. The lowest BCUT2D eigenvalue weighted by atomic mass is 9.97. The minimum absolute atomic E-state index is 0.0916. The Kier molecular flexibility index (Phi) is 4.70. The van der Waals surface area contributed by atoms with Crippen molar-refractivity contribution in [2.24, 2.45) is 5.92 Å². The van der Waals surface area contributed by atoms with Crippen LogP contribution in [0.3, 0.4) is 0 Å². The van der Waals surface area contributed by atoms with Crippen molar-refractivity contribution < 1.29 is 9.84 Å². The van der Waals surface area contributed by atoms with Crippen LogP contribution in [0.25, 0.3) is 22.2 Å². The molecular weight excluding hydrogens is 328 g/mol. The zero-order chi connectivity index (χ0) is 18.1. The molecule has 0 aliphatic heterocycles. The number of hydrogen-bond acceptors (Lipinski definition) is 5. The number of aryl methyl sites for hydroxylation is 2. The van der Waals surface area contributed by atoms with Crippen molar-refractivity contribution in [1.82, 2.24) is 19.7 Å². The van der Waals surface area contributed by atoms with Gasteiger partial charge in [0.05, 0.1) is 25.1 Å². The van der Waals surface area contributed by atoms with Gasteiger partial charge < -0.3 is 9.84 Å². The number of nitrogens with zero attached hydrogens (tertiary/aromatic N) is 4. The van der Waals surface area contributed by atoms with Gasteiger partial charge in [-0.2, -0.15) is 5.10 Å². The molecule has 4 rings (SSSR count). The third-order valence-electron chi connectivity index (χ3n) is 4.88. The molecule has 1 fully saturated rings. The Morgan fingerprint density at radius 1 is 1.27 bits per heavy atom. The van der Waals surface area contributed by atoms with Gasteiger partial charge in [0.1, 0.15) is 0 Å². The van der Waals surface area contributed by atoms with Crippen LogP contribution in [0.1, 0.15) is 36.6 Å². The predicted molar refractivity (Wildman–Crippen MR) is 99.5 cm³/mol. The van der Waals surface area contributed by atoms with Crippen molar-refractivity contribution in [3.05, 3.63) is 41.5 Å². The summed E-state index contributed by atoms with van der Waals surface area (Å²) in [5.41, 5.74) is 5.42. The first-order valence-corrected chi connectivity index (χ1v) is 9.19. The van der Waals surface area contributed by atoms with E-state index in [-0.39, 0.29) is 6.61 Å². The van der Waals surface area contributed by atoms with Crippen LogP contribution in [0.15, 0.2) is 24.7 Å². The number of pyridine rings is 2. The highest BCUT2D eigenvalue weighted by Gasteiger charge is 2.23. The fraction of sp³-hybridized carbons (Fsp3) is 0.450. The lowest BCUT2D eigenvalue weighted by molar-refractivity contribution is 0.107. The van der Waals surface area contributed by atoms with E-state index in [4.69, 9.17) is 9.72 Å². The van der Waals surface area contributed by atoms with Crippen LogP contribution in [0, 0.1) is 12.8 Å². The Morgan fingerprint density at radius 2 is 2.12 bits per heavy atom. The van der Waals surface area contributed by atoms with E-state index in [1.807, 2.05) is 37.1 Å². The van der Waals surface area contributed by atoms with E-state index in [2.05, 4.69) is 16.1 Å². The summed E-state index contributed by atoms with van der Waals surface area (Å²) in [7, 11) is 0. The molecule has 0 atom stereocenters. The minimum atomic E-state index is -0.0916. The van der Waals surface area contributed by atoms with E-state index in [0.29, 0.717) is 12.5 Å². The lowest BCUT2D eigenvalue weighted by Gasteiger charge is -2.15. The molecule has 1 N–H and O–H groups in total. The number of aliphatic hydroxyl groups is 1. The number of hydrogen-bond donors (Lipinski definition) is 1. The van der Waals surface area contributed by atoms with Gasteiger partial charge in [0.25, 0.3) is 0 Å². The van der Waals surface area contributed by atoms with Crippen LogP contribution in [-0.4, -0.2) is 31.5 Å². The van der Waals surface area contributed by atoms with Gasteiger partial charge in [-0.15, -0.1) is 0 Å². The lowest BCUT2D eigenvalue weighted by Crippen LogP contribution is -2.08. The highest BCUT2D eigenvalue weighted by atomic mass is 16.5. The first-order chi connectivity index (χ1) is 12.7. The normalized spacial score (nSPS) is 14.3. The summed E-state index contributed by atoms with van der Waals surface area (Å²) in [6, 6.07) is 2.08. The second-order valence-electron chi connectivity index (χ2n) is 6.98. The smallest absolute Gasteiger partial charge is 0.158 e. The molecule has 1 aliphatic rings. The largest absolute Gasteiger partial charge is 0.392 e. The van der Waals surface area contributed by atoms with Crippen LogP contribution in [-0.2, 0) is 24.5 Å². The molecule has 3 heterocycles. The third kappa shape index (κ3) is 3.22. The van der Waals surface area contributed by atoms with Gasteiger partial charge in [0, 0.05) is 47.6 Å². The maximum Gasteiger partial charge on any atom is 0.158 e. The molecule has 0 spiro atoms. The summed E-state index contributed by atoms with van der Waals surface area (Å²) in [6.07, 6.45) is 8.00. The second kappa shape index (κ2) is 7.13. The summed E-state index contributed by atoms with van der Waals surface area (Å²) in [5.74, 6) is 0.693. The Hall–Kier alpha value is -2.31. The van der Waals surface area contributed by atoms with Gasteiger partial charge >= 0.3 is 0 Å². The Labute approximate surface area is 152 Å². The van der Waals surface area contributed by atoms with Gasteiger partial charge in [-0.25, -0.2) is 9.67 Å². The van der Waals surface area contributed by atoms with Gasteiger partial charge in [-0.05, 0) is 44.2 Å². The molecule has 0 bridgehead atoms. The first-order valence-electron chi connectivity index (χ1n) is 9.19. The first kappa shape index (κ1) is 17.1. The van der Waals surface area contributed by atoms with Crippen LogP contribution in [0.5, 0.6) is 0 Å². The van der Waals surface area contributed by atoms with Crippen molar-refractivity contribution in [1.29, 1.82) is 0 Å². The average molecular weight is 352 g/mol. The monoisotopic (exact) mass is 352 g/mol. The molecule has 1 saturated carbocycles. The van der Waals surface area contributed by atoms with Crippen LogP contribution in [0.2, 0.25) is 0 Å². The summed E-state index contributed by atoms with van der Waals surface area (Å²) in [6.45, 7) is 5.88. The van der Waals surface area contributed by atoms with E-state index in [9.17, 15) is 5.11 Å². The van der Waals surface area contributed by atoms with Gasteiger partial charge in [-0.3, -0.25) is 4.98 Å².